The van der Waals surface area contributed by atoms with Crippen LogP contribution in [0.2, 0.25) is 0 Å². The number of amides is 2. The number of rotatable bonds is 4. The summed E-state index contributed by atoms with van der Waals surface area (Å²) in [5.41, 5.74) is 2.05. The standard InChI is InChI=1S/C22H33N3O4/c1-14-18(22(28)29-3)15(2)23-19(14)21(27)25-12-8-9-16(13-25)20(26)24-17-10-6-4-5-7-11-17/h16-17,23H,4-13H2,1-3H3,(H,24,26)/t16-/m0/s1. The normalized spacial score (nSPS) is 20.8. The topological polar surface area (TPSA) is 91.5 Å². The second kappa shape index (κ2) is 9.46. The van der Waals surface area contributed by atoms with E-state index in [1.807, 2.05) is 0 Å². The van der Waals surface area contributed by atoms with Crippen LogP contribution < -0.4 is 5.32 Å². The van der Waals surface area contributed by atoms with E-state index in [4.69, 9.17) is 4.74 Å². The van der Waals surface area contributed by atoms with Crippen molar-refractivity contribution in [3.8, 4) is 0 Å². The number of ether oxygens (including phenoxy) is 1. The minimum Gasteiger partial charge on any atom is -0.465 e. The maximum absolute atomic E-state index is 13.1. The number of H-pyrrole nitrogens is 1. The van der Waals surface area contributed by atoms with Crippen LogP contribution in [0.25, 0.3) is 0 Å². The Morgan fingerprint density at radius 2 is 1.72 bits per heavy atom. The van der Waals surface area contributed by atoms with Crippen molar-refractivity contribution in [3.63, 3.8) is 0 Å². The lowest BCUT2D eigenvalue weighted by molar-refractivity contribution is -0.127. The number of methoxy groups -OCH3 is 1. The van der Waals surface area contributed by atoms with E-state index in [0.29, 0.717) is 35.6 Å². The predicted octanol–water partition coefficient (Wildman–Crippen LogP) is 3.11. The molecule has 3 rings (SSSR count). The Morgan fingerprint density at radius 3 is 2.38 bits per heavy atom. The molecule has 2 N–H and O–H groups in total. The van der Waals surface area contributed by atoms with Gasteiger partial charge in [0.25, 0.3) is 5.91 Å². The summed E-state index contributed by atoms with van der Waals surface area (Å²) in [7, 11) is 1.33. The van der Waals surface area contributed by atoms with E-state index in [1.165, 1.54) is 32.8 Å². The van der Waals surface area contributed by atoms with Gasteiger partial charge < -0.3 is 19.9 Å². The van der Waals surface area contributed by atoms with E-state index in [0.717, 1.165) is 25.7 Å². The van der Waals surface area contributed by atoms with Gasteiger partial charge in [-0.05, 0) is 45.1 Å². The van der Waals surface area contributed by atoms with E-state index in [2.05, 4.69) is 10.3 Å². The summed E-state index contributed by atoms with van der Waals surface area (Å²) in [4.78, 5) is 42.7. The maximum Gasteiger partial charge on any atom is 0.339 e. The van der Waals surface area contributed by atoms with Crippen molar-refractivity contribution in [2.24, 2.45) is 5.92 Å². The van der Waals surface area contributed by atoms with Crippen LogP contribution in [-0.2, 0) is 9.53 Å². The van der Waals surface area contributed by atoms with Crippen LogP contribution >= 0.6 is 0 Å². The highest BCUT2D eigenvalue weighted by molar-refractivity contribution is 6.00. The summed E-state index contributed by atoms with van der Waals surface area (Å²) in [6, 6.07) is 0.270. The largest absolute Gasteiger partial charge is 0.465 e. The second-order valence-corrected chi connectivity index (χ2v) is 8.40. The number of carbonyl (C=O) groups is 3. The SMILES string of the molecule is COC(=O)c1c(C)[nH]c(C(=O)N2CCC[C@H](C(=O)NC3CCCCCC3)C2)c1C. The highest BCUT2D eigenvalue weighted by atomic mass is 16.5. The lowest BCUT2D eigenvalue weighted by Crippen LogP contribution is -2.47. The molecule has 2 heterocycles. The fourth-order valence-electron chi connectivity index (χ4n) is 4.65. The molecule has 0 unspecified atom stereocenters. The Balaban J connectivity index is 1.66. The van der Waals surface area contributed by atoms with E-state index in [-0.39, 0.29) is 23.8 Å². The molecule has 1 atom stereocenters. The van der Waals surface area contributed by atoms with Crippen LogP contribution in [-0.4, -0.2) is 53.9 Å². The molecule has 0 spiro atoms. The van der Waals surface area contributed by atoms with Crippen LogP contribution in [0.3, 0.4) is 0 Å². The molecule has 1 saturated carbocycles. The summed E-state index contributed by atoms with van der Waals surface area (Å²) >= 11 is 0. The van der Waals surface area contributed by atoms with E-state index in [1.54, 1.807) is 18.7 Å². The van der Waals surface area contributed by atoms with Crippen molar-refractivity contribution in [1.29, 1.82) is 0 Å². The molecule has 7 heteroatoms. The lowest BCUT2D eigenvalue weighted by atomic mass is 9.95. The number of likely N-dealkylation sites (tertiary alicyclic amines) is 1. The van der Waals surface area contributed by atoms with Gasteiger partial charge in [-0.3, -0.25) is 9.59 Å². The number of piperidine rings is 1. The predicted molar refractivity (Wildman–Crippen MR) is 110 cm³/mol. The van der Waals surface area contributed by atoms with Gasteiger partial charge in [0.1, 0.15) is 5.69 Å². The summed E-state index contributed by atoms with van der Waals surface area (Å²) in [5, 5.41) is 3.23. The molecular formula is C22H33N3O4. The molecule has 2 amide bonds. The van der Waals surface area contributed by atoms with Gasteiger partial charge >= 0.3 is 5.97 Å². The van der Waals surface area contributed by atoms with Gasteiger partial charge in [-0.15, -0.1) is 0 Å². The number of aromatic nitrogens is 1. The maximum atomic E-state index is 13.1. The highest BCUT2D eigenvalue weighted by Crippen LogP contribution is 2.24. The first-order valence-electron chi connectivity index (χ1n) is 10.8. The Morgan fingerprint density at radius 1 is 1.03 bits per heavy atom. The molecule has 29 heavy (non-hydrogen) atoms. The number of hydrogen-bond acceptors (Lipinski definition) is 4. The van der Waals surface area contributed by atoms with E-state index < -0.39 is 5.97 Å². The molecular weight excluding hydrogens is 370 g/mol. The minimum absolute atomic E-state index is 0.0732. The molecule has 1 aliphatic carbocycles. The van der Waals surface area contributed by atoms with Gasteiger partial charge in [-0.2, -0.15) is 0 Å². The fraction of sp³-hybridized carbons (Fsp3) is 0.682. The summed E-state index contributed by atoms with van der Waals surface area (Å²) < 4.78 is 4.83. The van der Waals surface area contributed by atoms with Crippen molar-refractivity contribution in [2.75, 3.05) is 20.2 Å². The number of nitrogens with zero attached hydrogens (tertiary/aromatic N) is 1. The van der Waals surface area contributed by atoms with Crippen molar-refractivity contribution in [2.45, 2.75) is 71.3 Å². The zero-order valence-corrected chi connectivity index (χ0v) is 17.8. The monoisotopic (exact) mass is 403 g/mol. The Hall–Kier alpha value is -2.31. The van der Waals surface area contributed by atoms with Gasteiger partial charge in [0.05, 0.1) is 18.6 Å². The first-order valence-corrected chi connectivity index (χ1v) is 10.8. The number of hydrogen-bond donors (Lipinski definition) is 2. The molecule has 7 nitrogen and oxygen atoms in total. The second-order valence-electron chi connectivity index (χ2n) is 8.40. The molecule has 1 saturated heterocycles. The Bertz CT molecular complexity index is 762. The van der Waals surface area contributed by atoms with Gasteiger partial charge in [0, 0.05) is 24.8 Å². The van der Waals surface area contributed by atoms with Crippen molar-refractivity contribution >= 4 is 17.8 Å². The number of aromatic amines is 1. The summed E-state index contributed by atoms with van der Waals surface area (Å²) in [6.07, 6.45) is 8.57. The van der Waals surface area contributed by atoms with Crippen LogP contribution in [0.4, 0.5) is 0 Å². The van der Waals surface area contributed by atoms with Crippen LogP contribution in [0.5, 0.6) is 0 Å². The molecule has 2 fully saturated rings. The van der Waals surface area contributed by atoms with Crippen LogP contribution in [0, 0.1) is 19.8 Å². The first kappa shape index (κ1) is 21.4. The van der Waals surface area contributed by atoms with Gasteiger partial charge in [0.15, 0.2) is 0 Å². The molecule has 0 aromatic carbocycles. The third-order valence-corrected chi connectivity index (χ3v) is 6.32. The summed E-state index contributed by atoms with van der Waals surface area (Å²) in [5.74, 6) is -0.709. The lowest BCUT2D eigenvalue weighted by Gasteiger charge is -2.33. The van der Waals surface area contributed by atoms with E-state index >= 15 is 0 Å². The van der Waals surface area contributed by atoms with Crippen molar-refractivity contribution in [1.82, 2.24) is 15.2 Å². The average molecular weight is 404 g/mol. The Kier molecular flexibility index (Phi) is 6.98. The zero-order chi connectivity index (χ0) is 21.0. The molecule has 0 bridgehead atoms. The third kappa shape index (κ3) is 4.82. The molecule has 2 aliphatic rings. The summed E-state index contributed by atoms with van der Waals surface area (Å²) in [6.45, 7) is 4.55. The average Bonchev–Trinajstić information content (AvgIpc) is 2.89. The molecule has 1 aromatic rings. The smallest absolute Gasteiger partial charge is 0.339 e. The highest BCUT2D eigenvalue weighted by Gasteiger charge is 2.32. The molecule has 0 radical (unpaired) electrons. The molecule has 160 valence electrons. The van der Waals surface area contributed by atoms with Crippen LogP contribution in [0.1, 0.15) is 83.5 Å². The van der Waals surface area contributed by atoms with Gasteiger partial charge in [-0.25, -0.2) is 4.79 Å². The van der Waals surface area contributed by atoms with Crippen molar-refractivity contribution < 1.29 is 19.1 Å². The Labute approximate surface area is 172 Å². The number of carbonyl (C=O) groups excluding carboxylic acids is 3. The molecule has 1 aromatic heterocycles. The zero-order valence-electron chi connectivity index (χ0n) is 17.8. The molecule has 1 aliphatic heterocycles. The van der Waals surface area contributed by atoms with Crippen molar-refractivity contribution in [3.05, 3.63) is 22.5 Å². The quantitative estimate of drug-likeness (QED) is 0.597. The number of nitrogens with one attached hydrogen (secondary N) is 2. The number of esters is 1. The van der Waals surface area contributed by atoms with Crippen LogP contribution in [0.15, 0.2) is 0 Å². The van der Waals surface area contributed by atoms with E-state index in [9.17, 15) is 14.4 Å². The fourth-order valence-corrected chi connectivity index (χ4v) is 4.65. The van der Waals surface area contributed by atoms with Gasteiger partial charge in [-0.1, -0.05) is 25.7 Å². The number of aryl methyl sites for hydroxylation is 1. The minimum atomic E-state index is -0.449. The third-order valence-electron chi connectivity index (χ3n) is 6.32. The first-order chi connectivity index (χ1) is 13.9. The van der Waals surface area contributed by atoms with Gasteiger partial charge in [0.2, 0.25) is 5.91 Å².